The van der Waals surface area contributed by atoms with Crippen molar-refractivity contribution in [2.24, 2.45) is 4.99 Å². The van der Waals surface area contributed by atoms with Gasteiger partial charge in [0.15, 0.2) is 0 Å². The van der Waals surface area contributed by atoms with E-state index in [2.05, 4.69) is 65.6 Å². The quantitative estimate of drug-likeness (QED) is 0.110. The van der Waals surface area contributed by atoms with Crippen molar-refractivity contribution in [1.29, 1.82) is 0 Å². The van der Waals surface area contributed by atoms with Gasteiger partial charge in [-0.1, -0.05) is 79.7 Å². The van der Waals surface area contributed by atoms with Crippen LogP contribution in [0.4, 0.5) is 5.69 Å². The van der Waals surface area contributed by atoms with E-state index < -0.39 is 16.9 Å². The van der Waals surface area contributed by atoms with Crippen LogP contribution < -0.4 is 0 Å². The molecule has 0 aromatic heterocycles. The van der Waals surface area contributed by atoms with Crippen molar-refractivity contribution < 1.29 is 24.0 Å². The number of hydrogen-bond acceptors (Lipinski definition) is 9. The summed E-state index contributed by atoms with van der Waals surface area (Å²) in [7, 11) is 1.59. The van der Waals surface area contributed by atoms with Gasteiger partial charge in [-0.2, -0.15) is 0 Å². The summed E-state index contributed by atoms with van der Waals surface area (Å²) >= 11 is 0. The molecule has 2 saturated heterocycles. The first-order valence-corrected chi connectivity index (χ1v) is 18.6. The Morgan fingerprint density at radius 1 is 0.925 bits per heavy atom. The van der Waals surface area contributed by atoms with E-state index in [0.717, 1.165) is 63.0 Å². The Labute approximate surface area is 311 Å². The zero-order valence-electron chi connectivity index (χ0n) is 30.7. The van der Waals surface area contributed by atoms with Crippen molar-refractivity contribution in [1.82, 2.24) is 19.8 Å². The maximum atomic E-state index is 13.1. The molecule has 53 heavy (non-hydrogen) atoms. The summed E-state index contributed by atoms with van der Waals surface area (Å²) in [6.07, 6.45) is 4.91. The van der Waals surface area contributed by atoms with Gasteiger partial charge in [0.1, 0.15) is 0 Å². The lowest BCUT2D eigenvalue weighted by Crippen LogP contribution is -2.58. The highest BCUT2D eigenvalue weighted by Crippen LogP contribution is 2.43. The number of likely N-dealkylation sites (tertiary alicyclic amines) is 1. The van der Waals surface area contributed by atoms with Gasteiger partial charge in [-0.15, -0.1) is 0 Å². The lowest BCUT2D eigenvalue weighted by molar-refractivity contribution is -0.384. The van der Waals surface area contributed by atoms with Crippen molar-refractivity contribution in [2.75, 3.05) is 66.2 Å². The number of carbonyl (C=O) groups is 2. The molecular formula is C41H50N6O6. The number of piperidine rings is 1. The first-order chi connectivity index (χ1) is 25.9. The Morgan fingerprint density at radius 3 is 2.08 bits per heavy atom. The van der Waals surface area contributed by atoms with Crippen LogP contribution in [0.3, 0.4) is 0 Å². The molecule has 12 nitrogen and oxygen atoms in total. The highest BCUT2D eigenvalue weighted by Gasteiger charge is 2.43. The number of morpholine rings is 1. The number of ether oxygens (including phenoxy) is 2. The molecule has 2 atom stereocenters. The van der Waals surface area contributed by atoms with Crippen molar-refractivity contribution in [2.45, 2.75) is 50.0 Å². The maximum absolute atomic E-state index is 13.1. The fourth-order valence-electron chi connectivity index (χ4n) is 8.35. The van der Waals surface area contributed by atoms with Gasteiger partial charge in [0, 0.05) is 50.0 Å². The number of carbonyl (C=O) groups excluding carboxylic acids is 2. The number of amides is 2. The van der Waals surface area contributed by atoms with E-state index in [9.17, 15) is 19.7 Å². The molecular weight excluding hydrogens is 672 g/mol. The number of nitro benzene ring substituents is 1. The molecule has 2 unspecified atom stereocenters. The van der Waals surface area contributed by atoms with Crippen LogP contribution in [0.25, 0.3) is 0 Å². The molecule has 3 heterocycles. The van der Waals surface area contributed by atoms with E-state index in [1.165, 1.54) is 23.3 Å². The topological polar surface area (TPSA) is 121 Å². The largest absolute Gasteiger partial charge is 0.379 e. The number of hydrazine groups is 1. The number of methoxy groups -OCH3 is 1. The smallest absolute Gasteiger partial charge is 0.269 e. The maximum Gasteiger partial charge on any atom is 0.269 e. The van der Waals surface area contributed by atoms with E-state index in [1.54, 1.807) is 29.2 Å². The number of benzene rings is 3. The standard InChI is InChI=1S/C41H50N6O6/c1-3-36-40(46(31-49)45-25-27-53-28-26-45)38(32-15-17-35(18-16-32)47(50)51)39(37(42-36)29-52-2)44(30-48)22-10-21-43-23-19-41(20-24-43,33-11-6-4-7-12-33)34-13-8-5-9-14-34/h4-9,11-18,30-31,38,40H,3,10,19-29H2,1-2H3. The molecule has 0 aliphatic carbocycles. The van der Waals surface area contributed by atoms with E-state index in [-0.39, 0.29) is 17.7 Å². The van der Waals surface area contributed by atoms with E-state index >= 15 is 0 Å². The number of rotatable bonds is 16. The summed E-state index contributed by atoms with van der Waals surface area (Å²) in [5, 5.41) is 15.3. The fraction of sp³-hybridized carbons (Fsp3) is 0.439. The van der Waals surface area contributed by atoms with Gasteiger partial charge in [0.2, 0.25) is 12.8 Å². The van der Waals surface area contributed by atoms with Crippen LogP contribution in [0, 0.1) is 10.1 Å². The summed E-state index contributed by atoms with van der Waals surface area (Å²) in [5.74, 6) is -0.543. The molecule has 280 valence electrons. The second kappa shape index (κ2) is 17.8. The second-order valence-electron chi connectivity index (χ2n) is 13.9. The summed E-state index contributed by atoms with van der Waals surface area (Å²) in [6, 6.07) is 27.4. The van der Waals surface area contributed by atoms with Crippen molar-refractivity contribution in [3.8, 4) is 0 Å². The van der Waals surface area contributed by atoms with E-state index in [4.69, 9.17) is 14.5 Å². The first kappa shape index (κ1) is 38.0. The van der Waals surface area contributed by atoms with Crippen molar-refractivity contribution >= 4 is 24.2 Å². The van der Waals surface area contributed by atoms with Crippen LogP contribution in [-0.2, 0) is 24.5 Å². The van der Waals surface area contributed by atoms with Gasteiger partial charge in [-0.05, 0) is 62.0 Å². The van der Waals surface area contributed by atoms with E-state index in [0.29, 0.717) is 50.7 Å². The minimum atomic E-state index is -0.568. The Bertz CT molecular complexity index is 1700. The Morgan fingerprint density at radius 2 is 1.55 bits per heavy atom. The molecule has 3 aromatic carbocycles. The molecule has 3 aromatic rings. The van der Waals surface area contributed by atoms with Gasteiger partial charge in [-0.3, -0.25) is 29.7 Å². The first-order valence-electron chi connectivity index (χ1n) is 18.6. The third-order valence-corrected chi connectivity index (χ3v) is 11.0. The minimum Gasteiger partial charge on any atom is -0.379 e. The van der Waals surface area contributed by atoms with Crippen LogP contribution in [-0.4, -0.2) is 116 Å². The van der Waals surface area contributed by atoms with Gasteiger partial charge < -0.3 is 19.3 Å². The van der Waals surface area contributed by atoms with Crippen LogP contribution in [0.15, 0.2) is 101 Å². The zero-order valence-corrected chi connectivity index (χ0v) is 30.7. The van der Waals surface area contributed by atoms with Crippen LogP contribution in [0.2, 0.25) is 0 Å². The fourth-order valence-corrected chi connectivity index (χ4v) is 8.35. The highest BCUT2D eigenvalue weighted by molar-refractivity contribution is 5.94. The lowest BCUT2D eigenvalue weighted by Gasteiger charge is -2.46. The average molecular weight is 723 g/mol. The van der Waals surface area contributed by atoms with Crippen molar-refractivity contribution in [3.63, 3.8) is 0 Å². The highest BCUT2D eigenvalue weighted by atomic mass is 16.6. The molecule has 2 amide bonds. The molecule has 3 aliphatic rings. The lowest BCUT2D eigenvalue weighted by atomic mass is 9.68. The van der Waals surface area contributed by atoms with Crippen LogP contribution >= 0.6 is 0 Å². The number of aliphatic imine (C=N–C) groups is 1. The summed E-state index contributed by atoms with van der Waals surface area (Å²) in [5.41, 5.74) is 5.35. The van der Waals surface area contributed by atoms with Gasteiger partial charge in [0.25, 0.3) is 5.69 Å². The van der Waals surface area contributed by atoms with Crippen LogP contribution in [0.1, 0.15) is 55.2 Å². The monoisotopic (exact) mass is 722 g/mol. The molecule has 0 bridgehead atoms. The number of hydrogen-bond donors (Lipinski definition) is 0. The molecule has 0 radical (unpaired) electrons. The van der Waals surface area contributed by atoms with Crippen molar-refractivity contribution in [3.05, 3.63) is 123 Å². The Kier molecular flexibility index (Phi) is 12.8. The second-order valence-corrected chi connectivity index (χ2v) is 13.9. The predicted molar refractivity (Wildman–Crippen MR) is 203 cm³/mol. The average Bonchev–Trinajstić information content (AvgIpc) is 3.21. The summed E-state index contributed by atoms with van der Waals surface area (Å²) < 4.78 is 11.2. The molecule has 6 rings (SSSR count). The third-order valence-electron chi connectivity index (χ3n) is 11.0. The molecule has 0 N–H and O–H groups in total. The van der Waals surface area contributed by atoms with Gasteiger partial charge in [-0.25, -0.2) is 5.01 Å². The summed E-state index contributed by atoms with van der Waals surface area (Å²) in [6.45, 7) is 7.23. The van der Waals surface area contributed by atoms with Gasteiger partial charge in [0.05, 0.1) is 48.1 Å². The summed E-state index contributed by atoms with van der Waals surface area (Å²) in [4.78, 5) is 46.6. The Hall–Kier alpha value is -4.75. The molecule has 2 fully saturated rings. The van der Waals surface area contributed by atoms with Gasteiger partial charge >= 0.3 is 0 Å². The molecule has 12 heteroatoms. The van der Waals surface area contributed by atoms with Crippen LogP contribution in [0.5, 0.6) is 0 Å². The number of nitrogens with zero attached hydrogens (tertiary/aromatic N) is 6. The normalized spacial score (nSPS) is 20.8. The number of nitro groups is 1. The molecule has 0 saturated carbocycles. The minimum absolute atomic E-state index is 0.0362. The zero-order chi connectivity index (χ0) is 37.2. The molecule has 0 spiro atoms. The SMILES string of the molecule is CCC1=NC(COC)=C(N(C=O)CCCN2CCC(c3ccccc3)(c3ccccc3)CC2)C(c2ccc([N+](=O)[O-])cc2)C1N(C=O)N1CCOCC1. The molecule has 3 aliphatic heterocycles. The predicted octanol–water partition coefficient (Wildman–Crippen LogP) is 5.41. The van der Waals surface area contributed by atoms with E-state index in [1.807, 2.05) is 11.9 Å². The third kappa shape index (κ3) is 8.26. The Balaban J connectivity index is 1.27. The number of non-ortho nitro benzene ring substituents is 1.